The van der Waals surface area contributed by atoms with E-state index in [-0.39, 0.29) is 32.7 Å². The Morgan fingerprint density at radius 3 is 2.36 bits per heavy atom. The molecule has 3 rings (SSSR count). The van der Waals surface area contributed by atoms with Crippen LogP contribution in [0.4, 0.5) is 5.69 Å². The summed E-state index contributed by atoms with van der Waals surface area (Å²) in [6.07, 6.45) is 5.69. The molecule has 177 valence electrons. The molecule has 0 unspecified atom stereocenters. The van der Waals surface area contributed by atoms with Gasteiger partial charge in [-0.15, -0.1) is 18.3 Å². The van der Waals surface area contributed by atoms with Crippen LogP contribution in [0.1, 0.15) is 54.9 Å². The molecular formula is C26H36N4O2Y-2. The van der Waals surface area contributed by atoms with Gasteiger partial charge in [-0.05, 0) is 36.1 Å². The van der Waals surface area contributed by atoms with Gasteiger partial charge in [-0.25, -0.2) is 0 Å². The van der Waals surface area contributed by atoms with Crippen LogP contribution in [-0.4, -0.2) is 33.5 Å². The first-order chi connectivity index (χ1) is 15.3. The van der Waals surface area contributed by atoms with Gasteiger partial charge in [0.1, 0.15) is 11.5 Å². The van der Waals surface area contributed by atoms with Crippen molar-refractivity contribution in [2.24, 2.45) is 10.7 Å². The third-order valence-electron chi connectivity index (χ3n) is 5.34. The second-order valence-corrected chi connectivity index (χ2v) is 8.17. The number of hydrogen-bond donors (Lipinski definition) is 1. The first-order valence-corrected chi connectivity index (χ1v) is 10.9. The van der Waals surface area contributed by atoms with Crippen molar-refractivity contribution in [3.63, 3.8) is 0 Å². The van der Waals surface area contributed by atoms with Crippen molar-refractivity contribution in [3.8, 4) is 11.5 Å². The maximum Gasteiger partial charge on any atom is 0.125 e. The average molecular weight is 526 g/mol. The fourth-order valence-electron chi connectivity index (χ4n) is 3.30. The summed E-state index contributed by atoms with van der Waals surface area (Å²) >= 11 is 0. The van der Waals surface area contributed by atoms with Crippen molar-refractivity contribution < 1.29 is 42.2 Å². The van der Waals surface area contributed by atoms with Crippen molar-refractivity contribution in [1.82, 2.24) is 0 Å². The average Bonchev–Trinajstić information content (AvgIpc) is 3.61. The zero-order chi connectivity index (χ0) is 23.7. The number of nitrogens with one attached hydrogen (secondary N) is 1. The molecular weight excluding hydrogens is 489 g/mol. The number of benzene rings is 2. The fraction of sp³-hybridized carbons (Fsp3) is 0.423. The molecule has 7 heteroatoms. The van der Waals surface area contributed by atoms with Crippen LogP contribution in [0.2, 0.25) is 0 Å². The zero-order valence-electron chi connectivity index (χ0n) is 20.7. The van der Waals surface area contributed by atoms with Crippen LogP contribution in [0.25, 0.3) is 16.6 Å². The van der Waals surface area contributed by atoms with Gasteiger partial charge in [0.15, 0.2) is 0 Å². The van der Waals surface area contributed by atoms with E-state index in [1.807, 2.05) is 0 Å². The van der Waals surface area contributed by atoms with Crippen LogP contribution >= 0.6 is 0 Å². The number of aryl methyl sites for hydroxylation is 1. The number of nitrogens with two attached hydrogens (primary N) is 1. The number of rotatable bonds is 8. The van der Waals surface area contributed by atoms with Gasteiger partial charge in [-0.1, -0.05) is 50.5 Å². The van der Waals surface area contributed by atoms with E-state index in [1.54, 1.807) is 45.7 Å². The maximum atomic E-state index is 7.47. The van der Waals surface area contributed by atoms with E-state index in [0.29, 0.717) is 23.4 Å². The third kappa shape index (κ3) is 8.76. The summed E-state index contributed by atoms with van der Waals surface area (Å²) in [6.45, 7) is 7.41. The van der Waals surface area contributed by atoms with E-state index in [9.17, 15) is 0 Å². The van der Waals surface area contributed by atoms with E-state index in [1.165, 1.54) is 35.7 Å². The SMILES string of the molecule is CN=C/C(=C\N)c1ccc([NH-])cc1OC.COc1cc(C)c(C[N-]C2CC2)cc1C(C)C.[Y]. The normalized spacial score (nSPS) is 13.4. The molecule has 0 saturated heterocycles. The monoisotopic (exact) mass is 525 g/mol. The van der Waals surface area contributed by atoms with Gasteiger partial charge in [-0.2, -0.15) is 0 Å². The topological polar surface area (TPSA) is 94.7 Å². The Bertz CT molecular complexity index is 954. The Balaban J connectivity index is 0.000000323. The molecule has 2 aromatic rings. The molecule has 33 heavy (non-hydrogen) atoms. The molecule has 1 aliphatic rings. The Labute approximate surface area is 224 Å². The number of ether oxygens (including phenoxy) is 2. The van der Waals surface area contributed by atoms with Crippen LogP contribution < -0.4 is 15.2 Å². The molecule has 1 saturated carbocycles. The Morgan fingerprint density at radius 1 is 1.18 bits per heavy atom. The molecule has 0 bridgehead atoms. The predicted molar refractivity (Wildman–Crippen MR) is 135 cm³/mol. The van der Waals surface area contributed by atoms with E-state index < -0.39 is 0 Å². The number of aliphatic imine (C=N–C) groups is 1. The minimum Gasteiger partial charge on any atom is -0.699 e. The van der Waals surface area contributed by atoms with Crippen LogP contribution in [-0.2, 0) is 39.3 Å². The van der Waals surface area contributed by atoms with Crippen molar-refractivity contribution in [2.45, 2.75) is 52.1 Å². The van der Waals surface area contributed by atoms with Crippen molar-refractivity contribution >= 4 is 17.5 Å². The van der Waals surface area contributed by atoms with Gasteiger partial charge in [0.05, 0.1) is 14.2 Å². The van der Waals surface area contributed by atoms with E-state index in [0.717, 1.165) is 23.4 Å². The summed E-state index contributed by atoms with van der Waals surface area (Å²) in [5.74, 6) is 2.12. The molecule has 0 heterocycles. The second-order valence-electron chi connectivity index (χ2n) is 8.17. The van der Waals surface area contributed by atoms with E-state index in [4.69, 9.17) is 20.9 Å². The summed E-state index contributed by atoms with van der Waals surface area (Å²) < 4.78 is 10.6. The number of hydrogen-bond acceptors (Lipinski definition) is 4. The van der Waals surface area contributed by atoms with Crippen LogP contribution in [0.5, 0.6) is 11.5 Å². The van der Waals surface area contributed by atoms with Gasteiger partial charge in [0.2, 0.25) is 0 Å². The Morgan fingerprint density at radius 2 is 1.85 bits per heavy atom. The maximum absolute atomic E-state index is 7.47. The molecule has 0 spiro atoms. The van der Waals surface area contributed by atoms with E-state index in [2.05, 4.69) is 43.2 Å². The fourth-order valence-corrected chi connectivity index (χ4v) is 3.30. The molecule has 0 aliphatic heterocycles. The summed E-state index contributed by atoms with van der Waals surface area (Å²) in [6, 6.07) is 10.2. The standard InChI is InChI=1S/C15H22NO.C11H14N3O.Y/c1-10(2)14-8-12(9-16-13-5-6-13)11(3)7-15(14)17-4;1-14-7-8(6-12)10-4-3-9(13)5-11(10)15-2;/h7-8,10,13H,5-6,9H2,1-4H3;3-7,13H,12H2,1-2H3;/q2*-1;/b;8-6+,14-7?;. The van der Waals surface area contributed by atoms with Crippen LogP contribution in [0, 0.1) is 6.92 Å². The Hall–Kier alpha value is -1.89. The number of nitrogens with zero attached hydrogens (tertiary/aromatic N) is 2. The molecule has 0 amide bonds. The Kier molecular flexibility index (Phi) is 12.7. The van der Waals surface area contributed by atoms with Gasteiger partial charge >= 0.3 is 0 Å². The van der Waals surface area contributed by atoms with Crippen LogP contribution in [0.15, 0.2) is 41.5 Å². The summed E-state index contributed by atoms with van der Waals surface area (Å²) in [7, 11) is 4.99. The predicted octanol–water partition coefficient (Wildman–Crippen LogP) is 6.54. The minimum atomic E-state index is 0. The second kappa shape index (κ2) is 14.4. The smallest absolute Gasteiger partial charge is 0.125 e. The van der Waals surface area contributed by atoms with Gasteiger partial charge in [-0.3, -0.25) is 4.99 Å². The molecule has 1 fully saturated rings. The third-order valence-corrected chi connectivity index (χ3v) is 5.34. The summed E-state index contributed by atoms with van der Waals surface area (Å²) in [5.41, 5.74) is 18.9. The summed E-state index contributed by atoms with van der Waals surface area (Å²) in [5, 5.41) is 4.68. The first kappa shape index (κ1) is 29.1. The van der Waals surface area contributed by atoms with Gasteiger partial charge in [0.25, 0.3) is 0 Å². The van der Waals surface area contributed by atoms with Gasteiger partial charge < -0.3 is 26.3 Å². The largest absolute Gasteiger partial charge is 0.699 e. The molecule has 3 N–H and O–H groups in total. The molecule has 0 aromatic heterocycles. The summed E-state index contributed by atoms with van der Waals surface area (Å²) in [4.78, 5) is 3.91. The number of allylic oxidation sites excluding steroid dienone is 1. The van der Waals surface area contributed by atoms with Crippen LogP contribution in [0.3, 0.4) is 0 Å². The first-order valence-electron chi connectivity index (χ1n) is 10.9. The molecule has 1 radical (unpaired) electrons. The van der Waals surface area contributed by atoms with E-state index >= 15 is 0 Å². The molecule has 1 aliphatic carbocycles. The van der Waals surface area contributed by atoms with Crippen molar-refractivity contribution in [3.05, 3.63) is 69.8 Å². The quantitative estimate of drug-likeness (QED) is 0.397. The van der Waals surface area contributed by atoms with Gasteiger partial charge in [0, 0.05) is 63.3 Å². The van der Waals surface area contributed by atoms with Crippen molar-refractivity contribution in [2.75, 3.05) is 21.3 Å². The molecule has 2 aromatic carbocycles. The zero-order valence-corrected chi connectivity index (χ0v) is 23.5. The minimum absolute atomic E-state index is 0. The van der Waals surface area contributed by atoms with Crippen molar-refractivity contribution in [1.29, 1.82) is 0 Å². The molecule has 6 nitrogen and oxygen atoms in total. The number of methoxy groups -OCH3 is 2. The molecule has 0 atom stereocenters.